The Balaban J connectivity index is 1.47. The Kier molecular flexibility index (Phi) is 4.45. The normalized spacial score (nSPS) is 11.0. The Bertz CT molecular complexity index is 1600. The maximum atomic E-state index is 9.51. The van der Waals surface area contributed by atoms with Crippen molar-refractivity contribution in [3.63, 3.8) is 0 Å². The molecular weight excluding hydrogens is 404 g/mol. The van der Waals surface area contributed by atoms with Crippen LogP contribution in [0.2, 0.25) is 0 Å². The number of fused-ring (bicyclic) bond motifs is 3. The van der Waals surface area contributed by atoms with Gasteiger partial charge in [0.25, 0.3) is 0 Å². The van der Waals surface area contributed by atoms with Crippen molar-refractivity contribution in [2.24, 2.45) is 0 Å². The fraction of sp³-hybridized carbons (Fsp3) is 0. The van der Waals surface area contributed by atoms with E-state index in [1.54, 1.807) is 6.07 Å². The zero-order chi connectivity index (χ0) is 22.2. The molecule has 0 aliphatic carbocycles. The lowest BCUT2D eigenvalue weighted by Gasteiger charge is -2.10. The topological polar surface area (TPSA) is 54.5 Å². The van der Waals surface area contributed by atoms with Crippen molar-refractivity contribution in [2.75, 3.05) is 0 Å². The molecule has 0 N–H and O–H groups in total. The summed E-state index contributed by atoms with van der Waals surface area (Å²) in [6.07, 6.45) is 0. The minimum Gasteiger partial charge on any atom is -0.309 e. The summed E-state index contributed by atoms with van der Waals surface area (Å²) in [5, 5.41) is 12.0. The number of nitrogens with zero attached hydrogens (tertiary/aromatic N) is 4. The predicted octanol–water partition coefficient (Wildman–Crippen LogP) is 6.78. The molecule has 0 amide bonds. The molecule has 4 heteroatoms. The largest absolute Gasteiger partial charge is 0.309 e. The molecule has 6 aromatic rings. The minimum absolute atomic E-state index is 0.352. The number of aromatic nitrogens is 3. The SMILES string of the molecule is N#Cc1cc(-c2ccccc2)nc(-c2ccc(-n3c4ccccc4c4ccccc43)cc2)n1. The lowest BCUT2D eigenvalue weighted by Crippen LogP contribution is -1.97. The summed E-state index contributed by atoms with van der Waals surface area (Å²) in [5.74, 6) is 0.543. The van der Waals surface area contributed by atoms with Gasteiger partial charge in [-0.1, -0.05) is 66.7 Å². The molecule has 0 atom stereocenters. The summed E-state index contributed by atoms with van der Waals surface area (Å²) < 4.78 is 2.27. The lowest BCUT2D eigenvalue weighted by molar-refractivity contribution is 1.14. The van der Waals surface area contributed by atoms with Crippen LogP contribution in [0.3, 0.4) is 0 Å². The third-order valence-corrected chi connectivity index (χ3v) is 5.87. The first kappa shape index (κ1) is 19.0. The Morgan fingerprint density at radius 1 is 0.606 bits per heavy atom. The van der Waals surface area contributed by atoms with Crippen molar-refractivity contribution in [2.45, 2.75) is 0 Å². The zero-order valence-corrected chi connectivity index (χ0v) is 17.7. The summed E-state index contributed by atoms with van der Waals surface area (Å²) in [6.45, 7) is 0. The van der Waals surface area contributed by atoms with Gasteiger partial charge in [-0.05, 0) is 36.4 Å². The van der Waals surface area contributed by atoms with E-state index in [1.807, 2.05) is 42.5 Å². The number of rotatable bonds is 3. The fourth-order valence-electron chi connectivity index (χ4n) is 4.35. The summed E-state index contributed by atoms with van der Waals surface area (Å²) in [7, 11) is 0. The van der Waals surface area contributed by atoms with Crippen LogP contribution in [0.1, 0.15) is 5.69 Å². The van der Waals surface area contributed by atoms with E-state index in [1.165, 1.54) is 21.8 Å². The number of hydrogen-bond acceptors (Lipinski definition) is 3. The molecule has 0 saturated heterocycles. The van der Waals surface area contributed by atoms with Gasteiger partial charge >= 0.3 is 0 Å². The third kappa shape index (κ3) is 3.24. The maximum absolute atomic E-state index is 9.51. The van der Waals surface area contributed by atoms with Crippen molar-refractivity contribution in [3.05, 3.63) is 115 Å². The highest BCUT2D eigenvalue weighted by atomic mass is 15.0. The molecule has 2 aromatic heterocycles. The van der Waals surface area contributed by atoms with Gasteiger partial charge in [-0.3, -0.25) is 0 Å². The van der Waals surface area contributed by atoms with Crippen LogP contribution in [-0.2, 0) is 0 Å². The molecule has 0 aliphatic rings. The number of hydrogen-bond donors (Lipinski definition) is 0. The smallest absolute Gasteiger partial charge is 0.161 e. The first-order valence-electron chi connectivity index (χ1n) is 10.8. The van der Waals surface area contributed by atoms with Gasteiger partial charge in [0.05, 0.1) is 16.7 Å². The summed E-state index contributed by atoms with van der Waals surface area (Å²) in [4.78, 5) is 9.21. The van der Waals surface area contributed by atoms with Crippen LogP contribution in [0.5, 0.6) is 0 Å². The molecule has 0 saturated carbocycles. The van der Waals surface area contributed by atoms with Crippen molar-refractivity contribution < 1.29 is 0 Å². The van der Waals surface area contributed by atoms with E-state index in [9.17, 15) is 5.26 Å². The summed E-state index contributed by atoms with van der Waals surface area (Å²) in [6, 6.07) is 38.9. The lowest BCUT2D eigenvalue weighted by atomic mass is 10.1. The minimum atomic E-state index is 0.352. The van der Waals surface area contributed by atoms with Crippen LogP contribution in [0, 0.1) is 11.3 Å². The second-order valence-corrected chi connectivity index (χ2v) is 7.86. The standard InChI is InChI=1S/C29H18N4/c30-19-22-18-26(20-8-2-1-3-9-20)32-29(31-22)21-14-16-23(17-15-21)33-27-12-6-4-10-24(27)25-11-5-7-13-28(25)33/h1-18H. The molecule has 0 fully saturated rings. The molecule has 33 heavy (non-hydrogen) atoms. The summed E-state index contributed by atoms with van der Waals surface area (Å²) >= 11 is 0. The van der Waals surface area contributed by atoms with Crippen LogP contribution in [0.15, 0.2) is 109 Å². The van der Waals surface area contributed by atoms with Gasteiger partial charge in [-0.15, -0.1) is 0 Å². The number of nitriles is 1. The zero-order valence-electron chi connectivity index (χ0n) is 17.7. The molecule has 154 valence electrons. The van der Waals surface area contributed by atoms with Crippen LogP contribution in [-0.4, -0.2) is 14.5 Å². The Hall–Kier alpha value is -4.75. The monoisotopic (exact) mass is 422 g/mol. The van der Waals surface area contributed by atoms with Gasteiger partial charge < -0.3 is 4.57 Å². The van der Waals surface area contributed by atoms with Crippen molar-refractivity contribution in [3.8, 4) is 34.4 Å². The van der Waals surface area contributed by atoms with Gasteiger partial charge in [-0.2, -0.15) is 5.26 Å². The first-order chi connectivity index (χ1) is 16.3. The average Bonchev–Trinajstić information content (AvgIpc) is 3.23. The Morgan fingerprint density at radius 3 is 1.85 bits per heavy atom. The van der Waals surface area contributed by atoms with Crippen molar-refractivity contribution in [1.82, 2.24) is 14.5 Å². The van der Waals surface area contributed by atoms with Gasteiger partial charge in [-0.25, -0.2) is 9.97 Å². The molecule has 2 heterocycles. The van der Waals surface area contributed by atoms with E-state index in [0.717, 1.165) is 22.5 Å². The maximum Gasteiger partial charge on any atom is 0.161 e. The molecule has 0 spiro atoms. The predicted molar refractivity (Wildman–Crippen MR) is 132 cm³/mol. The second-order valence-electron chi connectivity index (χ2n) is 7.86. The van der Waals surface area contributed by atoms with Gasteiger partial charge in [0.1, 0.15) is 11.8 Å². The fourth-order valence-corrected chi connectivity index (χ4v) is 4.35. The molecule has 6 rings (SSSR count). The van der Waals surface area contributed by atoms with Gasteiger partial charge in [0, 0.05) is 33.7 Å². The molecular formula is C29H18N4. The van der Waals surface area contributed by atoms with Crippen LogP contribution < -0.4 is 0 Å². The quantitative estimate of drug-likeness (QED) is 0.316. The highest BCUT2D eigenvalue weighted by Gasteiger charge is 2.13. The van der Waals surface area contributed by atoms with E-state index >= 15 is 0 Å². The van der Waals surface area contributed by atoms with Crippen LogP contribution in [0.25, 0.3) is 50.1 Å². The summed E-state index contributed by atoms with van der Waals surface area (Å²) in [5.41, 5.74) is 6.32. The van der Waals surface area contributed by atoms with E-state index in [0.29, 0.717) is 11.5 Å². The third-order valence-electron chi connectivity index (χ3n) is 5.87. The van der Waals surface area contributed by atoms with E-state index in [2.05, 4.69) is 76.3 Å². The van der Waals surface area contributed by atoms with E-state index in [4.69, 9.17) is 4.98 Å². The number of benzene rings is 4. The molecule has 4 nitrogen and oxygen atoms in total. The molecule has 0 unspecified atom stereocenters. The van der Waals surface area contributed by atoms with E-state index < -0.39 is 0 Å². The van der Waals surface area contributed by atoms with Gasteiger partial charge in [0.2, 0.25) is 0 Å². The number of para-hydroxylation sites is 2. The van der Waals surface area contributed by atoms with Gasteiger partial charge in [0.15, 0.2) is 5.82 Å². The highest BCUT2D eigenvalue weighted by Crippen LogP contribution is 2.32. The molecule has 0 radical (unpaired) electrons. The van der Waals surface area contributed by atoms with Crippen molar-refractivity contribution in [1.29, 1.82) is 5.26 Å². The second kappa shape index (κ2) is 7.74. The average molecular weight is 422 g/mol. The molecule has 4 aromatic carbocycles. The van der Waals surface area contributed by atoms with Crippen molar-refractivity contribution >= 4 is 21.8 Å². The Morgan fingerprint density at radius 2 is 1.21 bits per heavy atom. The van der Waals surface area contributed by atoms with Crippen LogP contribution >= 0.6 is 0 Å². The molecule has 0 bridgehead atoms. The van der Waals surface area contributed by atoms with Crippen LogP contribution in [0.4, 0.5) is 0 Å². The highest BCUT2D eigenvalue weighted by molar-refractivity contribution is 6.09. The van der Waals surface area contributed by atoms with E-state index in [-0.39, 0.29) is 0 Å². The Labute approximate surface area is 191 Å². The first-order valence-corrected chi connectivity index (χ1v) is 10.8. The molecule has 0 aliphatic heterocycles.